The summed E-state index contributed by atoms with van der Waals surface area (Å²) in [4.78, 5) is 22.7. The number of anilines is 2. The highest BCUT2D eigenvalue weighted by molar-refractivity contribution is 7.98. The molecule has 0 unspecified atom stereocenters. The van der Waals surface area contributed by atoms with Crippen LogP contribution in [0.3, 0.4) is 0 Å². The smallest absolute Gasteiger partial charge is 0.293 e. The largest absolute Gasteiger partial charge is 0.366 e. The fraction of sp³-hybridized carbons (Fsp3) is 0.0714. The predicted octanol–water partition coefficient (Wildman–Crippen LogP) is 3.16. The minimum absolute atomic E-state index is 0.102. The lowest BCUT2D eigenvalue weighted by Crippen LogP contribution is -2.11. The number of nitrogens with one attached hydrogen (secondary N) is 1. The molecule has 0 saturated heterocycles. The SMILES string of the molecule is CSc1ccccc1Nc1ccc(C(N)=O)cc1[N+](=O)[O-]. The number of nitro benzene ring substituents is 1. The van der Waals surface area contributed by atoms with Gasteiger partial charge in [0.2, 0.25) is 5.91 Å². The van der Waals surface area contributed by atoms with E-state index in [1.54, 1.807) is 0 Å². The molecular weight excluding hydrogens is 290 g/mol. The van der Waals surface area contributed by atoms with Gasteiger partial charge in [0, 0.05) is 16.5 Å². The zero-order valence-corrected chi connectivity index (χ0v) is 12.0. The van der Waals surface area contributed by atoms with Gasteiger partial charge in [0.05, 0.1) is 10.6 Å². The van der Waals surface area contributed by atoms with Gasteiger partial charge in [0.15, 0.2) is 0 Å². The molecule has 0 radical (unpaired) electrons. The second-order valence-corrected chi connectivity index (χ2v) is 5.03. The Morgan fingerprint density at radius 2 is 1.95 bits per heavy atom. The molecule has 21 heavy (non-hydrogen) atoms. The van der Waals surface area contributed by atoms with Crippen molar-refractivity contribution in [3.05, 3.63) is 58.1 Å². The molecule has 1 amide bonds. The van der Waals surface area contributed by atoms with Gasteiger partial charge in [-0.15, -0.1) is 11.8 Å². The number of nitro groups is 1. The number of amides is 1. The van der Waals surface area contributed by atoms with Crippen molar-refractivity contribution in [2.45, 2.75) is 4.90 Å². The normalized spacial score (nSPS) is 10.1. The van der Waals surface area contributed by atoms with Crippen molar-refractivity contribution in [1.82, 2.24) is 0 Å². The average Bonchev–Trinajstić information content (AvgIpc) is 2.47. The maximum atomic E-state index is 11.1. The highest BCUT2D eigenvalue weighted by Gasteiger charge is 2.17. The Hall–Kier alpha value is -2.54. The molecule has 6 nitrogen and oxygen atoms in total. The fourth-order valence-electron chi connectivity index (χ4n) is 1.83. The molecule has 2 aromatic rings. The third-order valence-corrected chi connectivity index (χ3v) is 3.65. The lowest BCUT2D eigenvalue weighted by molar-refractivity contribution is -0.383. The summed E-state index contributed by atoms with van der Waals surface area (Å²) in [5.74, 6) is -0.700. The molecule has 0 spiro atoms. The number of primary amides is 1. The van der Waals surface area contributed by atoms with E-state index in [1.807, 2.05) is 30.5 Å². The molecule has 3 N–H and O–H groups in total. The first-order valence-corrected chi connectivity index (χ1v) is 7.23. The third kappa shape index (κ3) is 3.32. The van der Waals surface area contributed by atoms with Crippen LogP contribution in [0.5, 0.6) is 0 Å². The van der Waals surface area contributed by atoms with E-state index in [0.717, 1.165) is 10.6 Å². The second-order valence-electron chi connectivity index (χ2n) is 4.18. The van der Waals surface area contributed by atoms with E-state index in [9.17, 15) is 14.9 Å². The summed E-state index contributed by atoms with van der Waals surface area (Å²) >= 11 is 1.53. The fourth-order valence-corrected chi connectivity index (χ4v) is 2.39. The van der Waals surface area contributed by atoms with E-state index in [0.29, 0.717) is 5.69 Å². The summed E-state index contributed by atoms with van der Waals surface area (Å²) in [5, 5.41) is 14.2. The van der Waals surface area contributed by atoms with E-state index in [1.165, 1.54) is 30.0 Å². The first-order chi connectivity index (χ1) is 10.0. The molecule has 0 aromatic heterocycles. The summed E-state index contributed by atoms with van der Waals surface area (Å²) < 4.78 is 0. The van der Waals surface area contributed by atoms with E-state index in [4.69, 9.17) is 5.73 Å². The van der Waals surface area contributed by atoms with Gasteiger partial charge >= 0.3 is 0 Å². The number of nitrogens with two attached hydrogens (primary N) is 1. The van der Waals surface area contributed by atoms with Gasteiger partial charge in [-0.3, -0.25) is 14.9 Å². The summed E-state index contributed by atoms with van der Waals surface area (Å²) in [7, 11) is 0. The van der Waals surface area contributed by atoms with Gasteiger partial charge in [0.25, 0.3) is 5.69 Å². The number of carbonyl (C=O) groups excluding carboxylic acids is 1. The minimum atomic E-state index is -0.700. The minimum Gasteiger partial charge on any atom is -0.366 e. The number of rotatable bonds is 5. The Morgan fingerprint density at radius 3 is 2.57 bits per heavy atom. The number of carbonyl (C=O) groups is 1. The summed E-state index contributed by atoms with van der Waals surface area (Å²) in [5.41, 5.74) is 6.13. The Balaban J connectivity index is 2.44. The van der Waals surface area contributed by atoms with Crippen molar-refractivity contribution in [1.29, 1.82) is 0 Å². The molecular formula is C14H13N3O3S. The monoisotopic (exact) mass is 303 g/mol. The first-order valence-electron chi connectivity index (χ1n) is 6.01. The van der Waals surface area contributed by atoms with Crippen LogP contribution in [0.2, 0.25) is 0 Å². The molecule has 0 atom stereocenters. The van der Waals surface area contributed by atoms with Crippen LogP contribution in [0.1, 0.15) is 10.4 Å². The quantitative estimate of drug-likeness (QED) is 0.502. The molecule has 0 saturated carbocycles. The van der Waals surface area contributed by atoms with Crippen molar-refractivity contribution >= 4 is 34.7 Å². The van der Waals surface area contributed by atoms with Gasteiger partial charge in [-0.25, -0.2) is 0 Å². The average molecular weight is 303 g/mol. The molecule has 108 valence electrons. The molecule has 0 aliphatic heterocycles. The van der Waals surface area contributed by atoms with E-state index in [-0.39, 0.29) is 11.3 Å². The van der Waals surface area contributed by atoms with Crippen LogP contribution in [0, 0.1) is 10.1 Å². The molecule has 2 rings (SSSR count). The molecule has 0 aliphatic carbocycles. The molecule has 7 heteroatoms. The highest BCUT2D eigenvalue weighted by atomic mass is 32.2. The first kappa shape index (κ1) is 14.9. The van der Waals surface area contributed by atoms with Gasteiger partial charge in [-0.2, -0.15) is 0 Å². The Morgan fingerprint density at radius 1 is 1.24 bits per heavy atom. The zero-order chi connectivity index (χ0) is 15.4. The van der Waals surface area contributed by atoms with Gasteiger partial charge in [0.1, 0.15) is 5.69 Å². The molecule has 0 aliphatic rings. The molecule has 0 fully saturated rings. The van der Waals surface area contributed by atoms with E-state index in [2.05, 4.69) is 5.32 Å². The highest BCUT2D eigenvalue weighted by Crippen LogP contribution is 2.32. The van der Waals surface area contributed by atoms with Crippen molar-refractivity contribution in [2.75, 3.05) is 11.6 Å². The zero-order valence-electron chi connectivity index (χ0n) is 11.2. The standard InChI is InChI=1S/C14H13N3O3S/c1-21-13-5-3-2-4-11(13)16-10-7-6-9(14(15)18)8-12(10)17(19)20/h2-8,16H,1H3,(H2,15,18). The van der Waals surface area contributed by atoms with Crippen LogP contribution in [-0.2, 0) is 0 Å². The van der Waals surface area contributed by atoms with Gasteiger partial charge in [-0.05, 0) is 30.5 Å². The van der Waals surface area contributed by atoms with Crippen LogP contribution in [0.4, 0.5) is 17.1 Å². The number of hydrogen-bond acceptors (Lipinski definition) is 5. The Bertz CT molecular complexity index is 704. The van der Waals surface area contributed by atoms with Crippen molar-refractivity contribution in [3.8, 4) is 0 Å². The van der Waals surface area contributed by atoms with Crippen molar-refractivity contribution in [3.63, 3.8) is 0 Å². The maximum absolute atomic E-state index is 11.1. The number of benzene rings is 2. The van der Waals surface area contributed by atoms with Gasteiger partial charge < -0.3 is 11.1 Å². The van der Waals surface area contributed by atoms with Gasteiger partial charge in [-0.1, -0.05) is 12.1 Å². The lowest BCUT2D eigenvalue weighted by Gasteiger charge is -2.11. The van der Waals surface area contributed by atoms with E-state index >= 15 is 0 Å². The number of hydrogen-bond donors (Lipinski definition) is 2. The Labute approximate surface area is 125 Å². The summed E-state index contributed by atoms with van der Waals surface area (Å²) in [6.07, 6.45) is 1.92. The van der Waals surface area contributed by atoms with Crippen molar-refractivity contribution in [2.24, 2.45) is 5.73 Å². The second kappa shape index (κ2) is 6.27. The van der Waals surface area contributed by atoms with Crippen LogP contribution < -0.4 is 11.1 Å². The number of para-hydroxylation sites is 1. The summed E-state index contributed by atoms with van der Waals surface area (Å²) in [6.45, 7) is 0. The summed E-state index contributed by atoms with van der Waals surface area (Å²) in [6, 6.07) is 11.6. The Kier molecular flexibility index (Phi) is 4.44. The molecule has 0 heterocycles. The number of thioether (sulfide) groups is 1. The van der Waals surface area contributed by atoms with Crippen LogP contribution in [0.25, 0.3) is 0 Å². The predicted molar refractivity (Wildman–Crippen MR) is 83.1 cm³/mol. The maximum Gasteiger partial charge on any atom is 0.293 e. The van der Waals surface area contributed by atoms with Crippen molar-refractivity contribution < 1.29 is 9.72 Å². The van der Waals surface area contributed by atoms with Crippen LogP contribution in [-0.4, -0.2) is 17.1 Å². The third-order valence-electron chi connectivity index (χ3n) is 2.86. The van der Waals surface area contributed by atoms with Crippen LogP contribution >= 0.6 is 11.8 Å². The molecule has 0 bridgehead atoms. The number of nitrogens with zero attached hydrogens (tertiary/aromatic N) is 1. The van der Waals surface area contributed by atoms with E-state index < -0.39 is 10.8 Å². The lowest BCUT2D eigenvalue weighted by atomic mass is 10.1. The van der Waals surface area contributed by atoms with Crippen LogP contribution in [0.15, 0.2) is 47.4 Å². The topological polar surface area (TPSA) is 98.3 Å². The molecule has 2 aromatic carbocycles.